The molecule has 20 heavy (non-hydrogen) atoms. The summed E-state index contributed by atoms with van der Waals surface area (Å²) in [5.41, 5.74) is 2.54. The zero-order valence-corrected chi connectivity index (χ0v) is 11.5. The third-order valence-electron chi connectivity index (χ3n) is 3.26. The number of hydrogen-bond donors (Lipinski definition) is 1. The van der Waals surface area contributed by atoms with Crippen molar-refractivity contribution in [2.75, 3.05) is 0 Å². The van der Waals surface area contributed by atoms with E-state index in [9.17, 15) is 9.18 Å². The summed E-state index contributed by atoms with van der Waals surface area (Å²) in [5.74, 6) is -0.590. The van der Waals surface area contributed by atoms with Gasteiger partial charge in [0.05, 0.1) is 5.02 Å². The highest BCUT2D eigenvalue weighted by Crippen LogP contribution is 2.26. The molecule has 0 spiro atoms. The fraction of sp³-hybridized carbons (Fsp3) is 0.0625. The highest BCUT2D eigenvalue weighted by Gasteiger charge is 2.17. The van der Waals surface area contributed by atoms with Gasteiger partial charge >= 0.3 is 0 Å². The molecule has 0 aliphatic carbocycles. The van der Waals surface area contributed by atoms with Crippen LogP contribution < -0.4 is 0 Å². The first-order chi connectivity index (χ1) is 9.56. The highest BCUT2D eigenvalue weighted by molar-refractivity contribution is 6.35. The van der Waals surface area contributed by atoms with Gasteiger partial charge in [0.2, 0.25) is 0 Å². The summed E-state index contributed by atoms with van der Waals surface area (Å²) in [6, 6.07) is 9.57. The fourth-order valence-corrected chi connectivity index (χ4v) is 2.55. The van der Waals surface area contributed by atoms with E-state index in [2.05, 4.69) is 4.98 Å². The van der Waals surface area contributed by atoms with Crippen LogP contribution in [0.2, 0.25) is 5.02 Å². The first-order valence-electron chi connectivity index (χ1n) is 6.14. The van der Waals surface area contributed by atoms with Crippen LogP contribution in [0.25, 0.3) is 10.9 Å². The predicted octanol–water partition coefficient (Wildman–Crippen LogP) is 4.50. The number of aromatic nitrogens is 1. The Morgan fingerprint density at radius 2 is 1.95 bits per heavy atom. The molecule has 0 aliphatic heterocycles. The van der Waals surface area contributed by atoms with Crippen LogP contribution in [0.1, 0.15) is 21.5 Å². The molecule has 3 aromatic rings. The first kappa shape index (κ1) is 12.9. The quantitative estimate of drug-likeness (QED) is 0.692. The van der Waals surface area contributed by atoms with Crippen LogP contribution in [0.5, 0.6) is 0 Å². The van der Waals surface area contributed by atoms with Crippen LogP contribution >= 0.6 is 11.6 Å². The minimum absolute atomic E-state index is 0.216. The number of carbonyl (C=O) groups is 1. The van der Waals surface area contributed by atoms with Crippen LogP contribution in [-0.2, 0) is 0 Å². The average molecular weight is 288 g/mol. The summed E-state index contributed by atoms with van der Waals surface area (Å²) in [5, 5.41) is 0.965. The van der Waals surface area contributed by atoms with Crippen LogP contribution in [0.3, 0.4) is 0 Å². The summed E-state index contributed by atoms with van der Waals surface area (Å²) in [6.07, 6.45) is 1.59. The minimum Gasteiger partial charge on any atom is -0.360 e. The Bertz CT molecular complexity index is 822. The number of rotatable bonds is 2. The van der Waals surface area contributed by atoms with Crippen LogP contribution in [0.4, 0.5) is 4.39 Å². The predicted molar refractivity (Wildman–Crippen MR) is 77.9 cm³/mol. The largest absolute Gasteiger partial charge is 0.360 e. The second-order valence-electron chi connectivity index (χ2n) is 4.70. The topological polar surface area (TPSA) is 32.9 Å². The van der Waals surface area contributed by atoms with Gasteiger partial charge in [-0.25, -0.2) is 4.39 Å². The lowest BCUT2D eigenvalue weighted by Crippen LogP contribution is -2.01. The van der Waals surface area contributed by atoms with E-state index in [1.54, 1.807) is 24.4 Å². The van der Waals surface area contributed by atoms with Gasteiger partial charge in [-0.05, 0) is 42.8 Å². The Morgan fingerprint density at radius 1 is 1.15 bits per heavy atom. The molecule has 1 aromatic heterocycles. The summed E-state index contributed by atoms with van der Waals surface area (Å²) in [7, 11) is 0. The Labute approximate surface area is 120 Å². The number of aryl methyl sites for hydroxylation is 1. The van der Waals surface area contributed by atoms with Gasteiger partial charge in [0, 0.05) is 28.2 Å². The third kappa shape index (κ3) is 2.10. The second-order valence-corrected chi connectivity index (χ2v) is 5.11. The SMILES string of the molecule is Cc1ccc(C(=O)c2c[nH]c3ccc(F)cc23)c(Cl)c1. The number of benzene rings is 2. The van der Waals surface area contributed by atoms with E-state index in [-0.39, 0.29) is 11.6 Å². The van der Waals surface area contributed by atoms with Gasteiger partial charge in [-0.2, -0.15) is 0 Å². The maximum absolute atomic E-state index is 13.3. The fourth-order valence-electron chi connectivity index (χ4n) is 2.23. The molecule has 0 saturated heterocycles. The number of aromatic amines is 1. The van der Waals surface area contributed by atoms with Crippen molar-refractivity contribution >= 4 is 28.3 Å². The Kier molecular flexibility index (Phi) is 3.07. The Morgan fingerprint density at radius 3 is 2.70 bits per heavy atom. The monoisotopic (exact) mass is 287 g/mol. The first-order valence-corrected chi connectivity index (χ1v) is 6.51. The van der Waals surface area contributed by atoms with Crippen molar-refractivity contribution in [2.45, 2.75) is 6.92 Å². The van der Waals surface area contributed by atoms with Crippen molar-refractivity contribution in [3.05, 3.63) is 70.1 Å². The normalized spacial score (nSPS) is 10.9. The third-order valence-corrected chi connectivity index (χ3v) is 3.57. The molecule has 0 fully saturated rings. The number of fused-ring (bicyclic) bond motifs is 1. The number of ketones is 1. The minimum atomic E-state index is -0.374. The van der Waals surface area contributed by atoms with E-state index in [0.29, 0.717) is 21.5 Å². The molecule has 3 rings (SSSR count). The number of halogens is 2. The van der Waals surface area contributed by atoms with E-state index in [1.807, 2.05) is 13.0 Å². The zero-order chi connectivity index (χ0) is 14.3. The molecule has 2 nitrogen and oxygen atoms in total. The molecule has 4 heteroatoms. The van der Waals surface area contributed by atoms with Gasteiger partial charge in [0.1, 0.15) is 5.82 Å². The molecule has 100 valence electrons. The van der Waals surface area contributed by atoms with Crippen molar-refractivity contribution in [3.8, 4) is 0 Å². The number of hydrogen-bond acceptors (Lipinski definition) is 1. The van der Waals surface area contributed by atoms with Gasteiger partial charge < -0.3 is 4.98 Å². The lowest BCUT2D eigenvalue weighted by Gasteiger charge is -2.04. The number of nitrogens with one attached hydrogen (secondary N) is 1. The van der Waals surface area contributed by atoms with Crippen LogP contribution in [-0.4, -0.2) is 10.8 Å². The van der Waals surface area contributed by atoms with Crippen molar-refractivity contribution in [3.63, 3.8) is 0 Å². The van der Waals surface area contributed by atoms with Gasteiger partial charge in [-0.3, -0.25) is 4.79 Å². The van der Waals surface area contributed by atoms with Crippen molar-refractivity contribution < 1.29 is 9.18 Å². The molecular weight excluding hydrogens is 277 g/mol. The lowest BCUT2D eigenvalue weighted by molar-refractivity contribution is 0.104. The van der Waals surface area contributed by atoms with Gasteiger partial charge in [0.15, 0.2) is 5.78 Å². The average Bonchev–Trinajstić information content (AvgIpc) is 2.81. The smallest absolute Gasteiger partial charge is 0.196 e. The molecule has 2 aromatic carbocycles. The second kappa shape index (κ2) is 4.76. The summed E-state index contributed by atoms with van der Waals surface area (Å²) in [4.78, 5) is 15.5. The summed E-state index contributed by atoms with van der Waals surface area (Å²) >= 11 is 6.12. The molecule has 1 N–H and O–H groups in total. The van der Waals surface area contributed by atoms with E-state index < -0.39 is 0 Å². The van der Waals surface area contributed by atoms with Gasteiger partial charge in [-0.15, -0.1) is 0 Å². The number of carbonyl (C=O) groups excluding carboxylic acids is 1. The van der Waals surface area contributed by atoms with E-state index in [1.165, 1.54) is 12.1 Å². The number of H-pyrrole nitrogens is 1. The van der Waals surface area contributed by atoms with E-state index >= 15 is 0 Å². The molecule has 0 unspecified atom stereocenters. The molecule has 0 aliphatic rings. The molecule has 0 bridgehead atoms. The maximum atomic E-state index is 13.3. The molecule has 0 saturated carbocycles. The Balaban J connectivity index is 2.15. The molecule has 1 heterocycles. The summed E-state index contributed by atoms with van der Waals surface area (Å²) < 4.78 is 13.3. The molecular formula is C16H11ClFNO. The molecule has 0 atom stereocenters. The van der Waals surface area contributed by atoms with Crippen molar-refractivity contribution in [2.24, 2.45) is 0 Å². The standard InChI is InChI=1S/C16H11ClFNO/c1-9-2-4-11(14(17)6-9)16(20)13-8-19-15-5-3-10(18)7-12(13)15/h2-8,19H,1H3. The molecule has 0 amide bonds. The van der Waals surface area contributed by atoms with Gasteiger partial charge in [0.25, 0.3) is 0 Å². The summed E-state index contributed by atoms with van der Waals surface area (Å²) in [6.45, 7) is 1.90. The van der Waals surface area contributed by atoms with Crippen LogP contribution in [0, 0.1) is 12.7 Å². The highest BCUT2D eigenvalue weighted by atomic mass is 35.5. The van der Waals surface area contributed by atoms with E-state index in [4.69, 9.17) is 11.6 Å². The van der Waals surface area contributed by atoms with E-state index in [0.717, 1.165) is 11.1 Å². The molecule has 0 radical (unpaired) electrons. The van der Waals surface area contributed by atoms with Crippen LogP contribution in [0.15, 0.2) is 42.6 Å². The zero-order valence-electron chi connectivity index (χ0n) is 10.7. The lowest BCUT2D eigenvalue weighted by atomic mass is 10.0. The van der Waals surface area contributed by atoms with Crippen molar-refractivity contribution in [1.82, 2.24) is 4.98 Å². The maximum Gasteiger partial charge on any atom is 0.196 e. The Hall–Kier alpha value is -2.13. The van der Waals surface area contributed by atoms with Crippen molar-refractivity contribution in [1.29, 1.82) is 0 Å². The van der Waals surface area contributed by atoms with Gasteiger partial charge in [-0.1, -0.05) is 17.7 Å².